The van der Waals surface area contributed by atoms with E-state index in [1.807, 2.05) is 0 Å². The lowest BCUT2D eigenvalue weighted by molar-refractivity contribution is -0.140. The normalized spacial score (nSPS) is 9.62. The standard InChI is InChI=1S/C9H12N2O2/c1-13-9(12)3-2-7-6-11-5-4-8(7)10/h4-6H,2-3H2,1H3,(H2,10,11). The molecule has 2 N–H and O–H groups in total. The number of rotatable bonds is 3. The molecule has 0 aliphatic rings. The SMILES string of the molecule is COC(=O)CCc1cnccc1N. The molecule has 0 radical (unpaired) electrons. The molecule has 13 heavy (non-hydrogen) atoms. The smallest absolute Gasteiger partial charge is 0.305 e. The van der Waals surface area contributed by atoms with Crippen molar-refractivity contribution in [1.82, 2.24) is 4.98 Å². The molecule has 0 spiro atoms. The van der Waals surface area contributed by atoms with Crippen molar-refractivity contribution in [3.05, 3.63) is 24.0 Å². The van der Waals surface area contributed by atoms with E-state index in [4.69, 9.17) is 5.73 Å². The number of nitrogens with zero attached hydrogens (tertiary/aromatic N) is 1. The molecule has 0 aliphatic carbocycles. The largest absolute Gasteiger partial charge is 0.469 e. The maximum Gasteiger partial charge on any atom is 0.305 e. The van der Waals surface area contributed by atoms with Crippen molar-refractivity contribution >= 4 is 11.7 Å². The van der Waals surface area contributed by atoms with Crippen LogP contribution in [0.1, 0.15) is 12.0 Å². The third-order valence-corrected chi connectivity index (χ3v) is 1.77. The van der Waals surface area contributed by atoms with Crippen LogP contribution in [0, 0.1) is 0 Å². The average Bonchev–Trinajstić information content (AvgIpc) is 2.16. The number of methoxy groups -OCH3 is 1. The van der Waals surface area contributed by atoms with Crippen molar-refractivity contribution in [2.75, 3.05) is 12.8 Å². The van der Waals surface area contributed by atoms with Crippen LogP contribution in [-0.4, -0.2) is 18.1 Å². The van der Waals surface area contributed by atoms with E-state index in [0.29, 0.717) is 18.5 Å². The number of esters is 1. The predicted octanol–water partition coefficient (Wildman–Crippen LogP) is 0.769. The van der Waals surface area contributed by atoms with E-state index < -0.39 is 0 Å². The lowest BCUT2D eigenvalue weighted by atomic mass is 10.1. The molecule has 1 aromatic rings. The molecule has 0 unspecified atom stereocenters. The first-order valence-corrected chi connectivity index (χ1v) is 3.99. The molecule has 0 saturated heterocycles. The van der Waals surface area contributed by atoms with E-state index in [1.54, 1.807) is 18.5 Å². The molecule has 0 fully saturated rings. The fraction of sp³-hybridized carbons (Fsp3) is 0.333. The van der Waals surface area contributed by atoms with Gasteiger partial charge in [-0.05, 0) is 18.1 Å². The molecule has 0 aliphatic heterocycles. The second-order valence-corrected chi connectivity index (χ2v) is 2.65. The zero-order valence-electron chi connectivity index (χ0n) is 7.49. The van der Waals surface area contributed by atoms with Crippen LogP contribution in [0.25, 0.3) is 0 Å². The quantitative estimate of drug-likeness (QED) is 0.698. The van der Waals surface area contributed by atoms with Gasteiger partial charge in [-0.25, -0.2) is 0 Å². The predicted molar refractivity (Wildman–Crippen MR) is 49.0 cm³/mol. The van der Waals surface area contributed by atoms with Crippen molar-refractivity contribution in [2.24, 2.45) is 0 Å². The molecule has 0 amide bonds. The summed E-state index contributed by atoms with van der Waals surface area (Å²) in [5.74, 6) is -0.233. The first-order chi connectivity index (χ1) is 6.24. The Kier molecular flexibility index (Phi) is 3.25. The van der Waals surface area contributed by atoms with Gasteiger partial charge in [0.15, 0.2) is 0 Å². The number of hydrogen-bond donors (Lipinski definition) is 1. The minimum atomic E-state index is -0.233. The lowest BCUT2D eigenvalue weighted by Gasteiger charge is -2.02. The van der Waals surface area contributed by atoms with Gasteiger partial charge in [0.1, 0.15) is 0 Å². The summed E-state index contributed by atoms with van der Waals surface area (Å²) in [6.45, 7) is 0. The summed E-state index contributed by atoms with van der Waals surface area (Å²) in [5.41, 5.74) is 7.20. The Hall–Kier alpha value is -1.58. The van der Waals surface area contributed by atoms with Crippen molar-refractivity contribution in [3.63, 3.8) is 0 Å². The molecular formula is C9H12N2O2. The highest BCUT2D eigenvalue weighted by Gasteiger charge is 2.03. The summed E-state index contributed by atoms with van der Waals surface area (Å²) >= 11 is 0. The number of carbonyl (C=O) groups is 1. The van der Waals surface area contributed by atoms with E-state index in [2.05, 4.69) is 9.72 Å². The van der Waals surface area contributed by atoms with Gasteiger partial charge in [-0.1, -0.05) is 0 Å². The van der Waals surface area contributed by atoms with Crippen LogP contribution in [0.4, 0.5) is 5.69 Å². The van der Waals surface area contributed by atoms with E-state index in [0.717, 1.165) is 5.56 Å². The first kappa shape index (κ1) is 9.51. The molecule has 1 rings (SSSR count). The van der Waals surface area contributed by atoms with Crippen LogP contribution in [0.2, 0.25) is 0 Å². The van der Waals surface area contributed by atoms with Gasteiger partial charge in [-0.2, -0.15) is 0 Å². The number of hydrogen-bond acceptors (Lipinski definition) is 4. The Morgan fingerprint density at radius 1 is 1.69 bits per heavy atom. The highest BCUT2D eigenvalue weighted by molar-refractivity contribution is 5.69. The van der Waals surface area contributed by atoms with E-state index >= 15 is 0 Å². The van der Waals surface area contributed by atoms with Crippen molar-refractivity contribution in [1.29, 1.82) is 0 Å². The van der Waals surface area contributed by atoms with Gasteiger partial charge in [-0.15, -0.1) is 0 Å². The highest BCUT2D eigenvalue weighted by Crippen LogP contribution is 2.10. The Bertz CT molecular complexity index is 299. The van der Waals surface area contributed by atoms with Gasteiger partial charge in [0, 0.05) is 24.5 Å². The molecule has 70 valence electrons. The zero-order chi connectivity index (χ0) is 9.68. The summed E-state index contributed by atoms with van der Waals surface area (Å²) < 4.78 is 4.51. The second kappa shape index (κ2) is 4.45. The third-order valence-electron chi connectivity index (χ3n) is 1.77. The zero-order valence-corrected chi connectivity index (χ0v) is 7.49. The van der Waals surface area contributed by atoms with Gasteiger partial charge in [0.25, 0.3) is 0 Å². The number of nitrogen functional groups attached to an aromatic ring is 1. The topological polar surface area (TPSA) is 65.2 Å². The van der Waals surface area contributed by atoms with Gasteiger partial charge >= 0.3 is 5.97 Å². The Morgan fingerprint density at radius 3 is 3.08 bits per heavy atom. The van der Waals surface area contributed by atoms with E-state index in [1.165, 1.54) is 7.11 Å². The molecule has 0 saturated carbocycles. The molecule has 1 aromatic heterocycles. The molecule has 4 heteroatoms. The summed E-state index contributed by atoms with van der Waals surface area (Å²) in [5, 5.41) is 0. The summed E-state index contributed by atoms with van der Waals surface area (Å²) in [6.07, 6.45) is 4.20. The van der Waals surface area contributed by atoms with E-state index in [-0.39, 0.29) is 5.97 Å². The molecule has 0 aromatic carbocycles. The van der Waals surface area contributed by atoms with Crippen LogP contribution in [0.3, 0.4) is 0 Å². The monoisotopic (exact) mass is 180 g/mol. The van der Waals surface area contributed by atoms with Gasteiger partial charge in [-0.3, -0.25) is 9.78 Å². The van der Waals surface area contributed by atoms with E-state index in [9.17, 15) is 4.79 Å². The number of pyridine rings is 1. The summed E-state index contributed by atoms with van der Waals surface area (Å²) in [7, 11) is 1.37. The molecule has 4 nitrogen and oxygen atoms in total. The maximum atomic E-state index is 10.8. The minimum Gasteiger partial charge on any atom is -0.469 e. The first-order valence-electron chi connectivity index (χ1n) is 3.99. The second-order valence-electron chi connectivity index (χ2n) is 2.65. The fourth-order valence-corrected chi connectivity index (χ4v) is 0.986. The number of aromatic nitrogens is 1. The van der Waals surface area contributed by atoms with Crippen molar-refractivity contribution in [3.8, 4) is 0 Å². The molecular weight excluding hydrogens is 168 g/mol. The summed E-state index contributed by atoms with van der Waals surface area (Å²) in [4.78, 5) is 14.7. The molecule has 0 atom stereocenters. The number of anilines is 1. The van der Waals surface area contributed by atoms with Crippen LogP contribution >= 0.6 is 0 Å². The summed E-state index contributed by atoms with van der Waals surface area (Å²) in [6, 6.07) is 1.71. The molecule has 0 bridgehead atoms. The van der Waals surface area contributed by atoms with Crippen LogP contribution < -0.4 is 5.73 Å². The Balaban J connectivity index is 2.54. The van der Waals surface area contributed by atoms with Crippen LogP contribution in [0.15, 0.2) is 18.5 Å². The van der Waals surface area contributed by atoms with Crippen molar-refractivity contribution in [2.45, 2.75) is 12.8 Å². The Labute approximate surface area is 76.7 Å². The van der Waals surface area contributed by atoms with Crippen LogP contribution in [0.5, 0.6) is 0 Å². The van der Waals surface area contributed by atoms with Gasteiger partial charge in [0.05, 0.1) is 7.11 Å². The lowest BCUT2D eigenvalue weighted by Crippen LogP contribution is -2.03. The van der Waals surface area contributed by atoms with Gasteiger partial charge in [0.2, 0.25) is 0 Å². The Morgan fingerprint density at radius 2 is 2.46 bits per heavy atom. The number of aryl methyl sites for hydroxylation is 1. The minimum absolute atomic E-state index is 0.233. The fourth-order valence-electron chi connectivity index (χ4n) is 0.986. The maximum absolute atomic E-state index is 10.8. The number of ether oxygens (including phenoxy) is 1. The van der Waals surface area contributed by atoms with Crippen LogP contribution in [-0.2, 0) is 16.0 Å². The highest BCUT2D eigenvalue weighted by atomic mass is 16.5. The number of carbonyl (C=O) groups excluding carboxylic acids is 1. The third kappa shape index (κ3) is 2.74. The van der Waals surface area contributed by atoms with Crippen molar-refractivity contribution < 1.29 is 9.53 Å². The number of nitrogens with two attached hydrogens (primary N) is 1. The van der Waals surface area contributed by atoms with Gasteiger partial charge < -0.3 is 10.5 Å². The average molecular weight is 180 g/mol. The molecule has 1 heterocycles.